The van der Waals surface area contributed by atoms with Crippen LogP contribution in [0.15, 0.2) is 30.3 Å². The van der Waals surface area contributed by atoms with Crippen molar-refractivity contribution in [3.05, 3.63) is 46.7 Å². The molecule has 0 bridgehead atoms. The van der Waals surface area contributed by atoms with Crippen LogP contribution in [-0.2, 0) is 0 Å². The van der Waals surface area contributed by atoms with Gasteiger partial charge in [0.25, 0.3) is 0 Å². The number of rotatable bonds is 1. The molecule has 0 fully saturated rings. The lowest BCUT2D eigenvalue weighted by Crippen LogP contribution is -2.16. The van der Waals surface area contributed by atoms with Crippen LogP contribution >= 0.6 is 11.6 Å². The van der Waals surface area contributed by atoms with Gasteiger partial charge < -0.3 is 9.47 Å². The molecule has 98 valence electrons. The molecular weight excluding hydrogens is 267 g/mol. The van der Waals surface area contributed by atoms with Gasteiger partial charge in [0, 0.05) is 22.2 Å². The number of hydrogen-bond donors (Lipinski definition) is 0. The number of hydrogen-bond acceptors (Lipinski definition) is 2. The summed E-state index contributed by atoms with van der Waals surface area (Å²) < 4.78 is 24.8. The van der Waals surface area contributed by atoms with Gasteiger partial charge in [-0.15, -0.1) is 0 Å². The van der Waals surface area contributed by atoms with Crippen LogP contribution in [0.2, 0.25) is 5.02 Å². The molecule has 1 aliphatic heterocycles. The van der Waals surface area contributed by atoms with E-state index in [1.165, 1.54) is 12.1 Å². The second-order valence-electron chi connectivity index (χ2n) is 4.41. The fourth-order valence-corrected chi connectivity index (χ4v) is 2.60. The minimum atomic E-state index is -0.362. The molecule has 0 N–H and O–H groups in total. The van der Waals surface area contributed by atoms with Gasteiger partial charge in [0.2, 0.25) is 0 Å². The molecule has 0 saturated carbocycles. The topological polar surface area (TPSA) is 18.5 Å². The average molecular weight is 279 g/mol. The zero-order valence-corrected chi connectivity index (χ0v) is 11.1. The quantitative estimate of drug-likeness (QED) is 0.777. The van der Waals surface area contributed by atoms with E-state index in [2.05, 4.69) is 0 Å². The first-order valence-corrected chi connectivity index (χ1v) is 6.39. The van der Waals surface area contributed by atoms with Gasteiger partial charge in [-0.3, -0.25) is 0 Å². The molecule has 0 spiro atoms. The Balaban J connectivity index is 2.28. The Hall–Kier alpha value is -1.74. The van der Waals surface area contributed by atoms with Crippen LogP contribution in [0.5, 0.6) is 11.5 Å². The fourth-order valence-electron chi connectivity index (χ4n) is 2.28. The lowest BCUT2D eigenvalue weighted by atomic mass is 9.99. The first-order valence-electron chi connectivity index (χ1n) is 6.01. The molecule has 1 heterocycles. The molecule has 19 heavy (non-hydrogen) atoms. The first kappa shape index (κ1) is 12.3. The third-order valence-electron chi connectivity index (χ3n) is 3.10. The third-order valence-corrected chi connectivity index (χ3v) is 3.41. The van der Waals surface area contributed by atoms with E-state index in [9.17, 15) is 4.39 Å². The predicted molar refractivity (Wildman–Crippen MR) is 72.6 cm³/mol. The van der Waals surface area contributed by atoms with Gasteiger partial charge in [0.05, 0.1) is 0 Å². The summed E-state index contributed by atoms with van der Waals surface area (Å²) in [5.41, 5.74) is 2.39. The van der Waals surface area contributed by atoms with Crippen LogP contribution in [0.4, 0.5) is 4.39 Å². The molecule has 0 saturated heterocycles. The predicted octanol–water partition coefficient (Wildman–Crippen LogP) is 4.23. The van der Waals surface area contributed by atoms with Crippen LogP contribution < -0.4 is 9.47 Å². The largest absolute Gasteiger partial charge is 0.486 e. The van der Waals surface area contributed by atoms with Gasteiger partial charge in [-0.2, -0.15) is 0 Å². The SMILES string of the molecule is Cc1cccc(Cl)c1-c1cc(F)cc2c1OCCO2. The molecule has 0 aliphatic carbocycles. The van der Waals surface area contributed by atoms with Crippen molar-refractivity contribution in [3.63, 3.8) is 0 Å². The van der Waals surface area contributed by atoms with Crippen molar-refractivity contribution in [2.24, 2.45) is 0 Å². The van der Waals surface area contributed by atoms with Crippen molar-refractivity contribution in [1.29, 1.82) is 0 Å². The number of ether oxygens (including phenoxy) is 2. The standard InChI is InChI=1S/C15H12ClFO2/c1-9-3-2-4-12(16)14(9)11-7-10(17)8-13-15(11)19-6-5-18-13/h2-4,7-8H,5-6H2,1H3. The van der Waals surface area contributed by atoms with E-state index < -0.39 is 0 Å². The Labute approximate surface area is 115 Å². The van der Waals surface area contributed by atoms with E-state index >= 15 is 0 Å². The zero-order valence-electron chi connectivity index (χ0n) is 10.4. The highest BCUT2D eigenvalue weighted by atomic mass is 35.5. The van der Waals surface area contributed by atoms with Gasteiger partial charge in [0.15, 0.2) is 11.5 Å². The molecule has 1 aliphatic rings. The van der Waals surface area contributed by atoms with E-state index in [4.69, 9.17) is 21.1 Å². The number of benzene rings is 2. The van der Waals surface area contributed by atoms with Crippen LogP contribution in [0.1, 0.15) is 5.56 Å². The smallest absolute Gasteiger partial charge is 0.169 e. The van der Waals surface area contributed by atoms with Crippen molar-refractivity contribution in [1.82, 2.24) is 0 Å². The van der Waals surface area contributed by atoms with E-state index in [0.717, 1.165) is 11.1 Å². The van der Waals surface area contributed by atoms with Crippen molar-refractivity contribution in [2.75, 3.05) is 13.2 Å². The number of halogens is 2. The Morgan fingerprint density at radius 1 is 1.16 bits per heavy atom. The molecule has 0 aromatic heterocycles. The van der Waals surface area contributed by atoms with Crippen LogP contribution in [0, 0.1) is 12.7 Å². The Kier molecular flexibility index (Phi) is 3.07. The second-order valence-corrected chi connectivity index (χ2v) is 4.82. The van der Waals surface area contributed by atoms with Crippen molar-refractivity contribution in [3.8, 4) is 22.6 Å². The average Bonchev–Trinajstić information content (AvgIpc) is 2.38. The normalized spacial score (nSPS) is 13.4. The van der Waals surface area contributed by atoms with Gasteiger partial charge in [-0.25, -0.2) is 4.39 Å². The first-order chi connectivity index (χ1) is 9.16. The molecule has 0 amide bonds. The minimum absolute atomic E-state index is 0.362. The van der Waals surface area contributed by atoms with Crippen LogP contribution in [0.25, 0.3) is 11.1 Å². The van der Waals surface area contributed by atoms with Gasteiger partial charge in [-0.1, -0.05) is 23.7 Å². The summed E-state index contributed by atoms with van der Waals surface area (Å²) in [4.78, 5) is 0. The fraction of sp³-hybridized carbons (Fsp3) is 0.200. The summed E-state index contributed by atoms with van der Waals surface area (Å²) in [5, 5.41) is 0.571. The minimum Gasteiger partial charge on any atom is -0.486 e. The van der Waals surface area contributed by atoms with Gasteiger partial charge in [-0.05, 0) is 24.6 Å². The second kappa shape index (κ2) is 4.74. The lowest BCUT2D eigenvalue weighted by molar-refractivity contribution is 0.171. The van der Waals surface area contributed by atoms with E-state index in [0.29, 0.717) is 35.3 Å². The molecule has 2 nitrogen and oxygen atoms in total. The molecule has 2 aromatic carbocycles. The summed E-state index contributed by atoms with van der Waals surface area (Å²) in [6.45, 7) is 2.81. The van der Waals surface area contributed by atoms with Crippen LogP contribution in [-0.4, -0.2) is 13.2 Å². The van der Waals surface area contributed by atoms with Crippen molar-refractivity contribution < 1.29 is 13.9 Å². The molecular formula is C15H12ClFO2. The Morgan fingerprint density at radius 3 is 2.74 bits per heavy atom. The maximum atomic E-state index is 13.7. The zero-order chi connectivity index (χ0) is 13.4. The molecule has 2 aromatic rings. The number of fused-ring (bicyclic) bond motifs is 1. The lowest BCUT2D eigenvalue weighted by Gasteiger charge is -2.22. The highest BCUT2D eigenvalue weighted by molar-refractivity contribution is 6.33. The van der Waals surface area contributed by atoms with E-state index in [-0.39, 0.29) is 5.82 Å². The molecule has 0 atom stereocenters. The Morgan fingerprint density at radius 2 is 1.95 bits per heavy atom. The number of aryl methyl sites for hydroxylation is 1. The van der Waals surface area contributed by atoms with E-state index in [1.54, 1.807) is 6.07 Å². The maximum absolute atomic E-state index is 13.7. The van der Waals surface area contributed by atoms with E-state index in [1.807, 2.05) is 19.1 Å². The summed E-state index contributed by atoms with van der Waals surface area (Å²) >= 11 is 6.24. The van der Waals surface area contributed by atoms with Crippen molar-refractivity contribution >= 4 is 11.6 Å². The highest BCUT2D eigenvalue weighted by Crippen LogP contribution is 2.44. The molecule has 3 rings (SSSR count). The van der Waals surface area contributed by atoms with Crippen molar-refractivity contribution in [2.45, 2.75) is 6.92 Å². The summed E-state index contributed by atoms with van der Waals surface area (Å²) in [7, 11) is 0. The van der Waals surface area contributed by atoms with Crippen LogP contribution in [0.3, 0.4) is 0 Å². The summed E-state index contributed by atoms with van der Waals surface area (Å²) in [6, 6.07) is 8.35. The summed E-state index contributed by atoms with van der Waals surface area (Å²) in [6.07, 6.45) is 0. The monoisotopic (exact) mass is 278 g/mol. The highest BCUT2D eigenvalue weighted by Gasteiger charge is 2.21. The summed E-state index contributed by atoms with van der Waals surface area (Å²) in [5.74, 6) is 0.628. The van der Waals surface area contributed by atoms with Gasteiger partial charge in [0.1, 0.15) is 19.0 Å². The molecule has 0 radical (unpaired) electrons. The maximum Gasteiger partial charge on any atom is 0.169 e. The Bertz CT molecular complexity index is 620. The third kappa shape index (κ3) is 2.15. The molecule has 0 unspecified atom stereocenters. The van der Waals surface area contributed by atoms with Gasteiger partial charge >= 0.3 is 0 Å². The molecule has 4 heteroatoms.